The summed E-state index contributed by atoms with van der Waals surface area (Å²) in [6.07, 6.45) is 0.797. The largest absolute Gasteiger partial charge is 0.424 e. The highest BCUT2D eigenvalue weighted by atomic mass is 32.1. The monoisotopic (exact) mass is 220 g/mol. The predicted molar refractivity (Wildman–Crippen MR) is 60.9 cm³/mol. The molecule has 0 saturated heterocycles. The van der Waals surface area contributed by atoms with Crippen molar-refractivity contribution in [3.8, 4) is 0 Å². The highest BCUT2D eigenvalue weighted by Crippen LogP contribution is 2.22. The van der Waals surface area contributed by atoms with Crippen molar-refractivity contribution in [2.45, 2.75) is 18.6 Å². The van der Waals surface area contributed by atoms with Gasteiger partial charge >= 0.3 is 0 Å². The van der Waals surface area contributed by atoms with Crippen molar-refractivity contribution in [2.24, 2.45) is 0 Å². The number of aromatic nitrogens is 2. The number of nitrogens with zero attached hydrogens (tertiary/aromatic N) is 2. The molecule has 0 saturated carbocycles. The smallest absolute Gasteiger partial charge is 0.229 e. The average molecular weight is 220 g/mol. The van der Waals surface area contributed by atoms with E-state index in [0.29, 0.717) is 11.8 Å². The van der Waals surface area contributed by atoms with Crippen LogP contribution in [-0.4, -0.2) is 10.2 Å². The van der Waals surface area contributed by atoms with E-state index in [1.165, 1.54) is 5.56 Å². The van der Waals surface area contributed by atoms with Crippen LogP contribution < -0.4 is 0 Å². The molecule has 0 spiro atoms. The number of rotatable bonds is 3. The summed E-state index contributed by atoms with van der Waals surface area (Å²) < 4.78 is 5.32. The van der Waals surface area contributed by atoms with Crippen LogP contribution in [0, 0.1) is 6.92 Å². The van der Waals surface area contributed by atoms with Gasteiger partial charge in [0, 0.05) is 6.92 Å². The fraction of sp³-hybridized carbons (Fsp3) is 0.273. The van der Waals surface area contributed by atoms with Crippen molar-refractivity contribution in [3.63, 3.8) is 0 Å². The van der Waals surface area contributed by atoms with Crippen molar-refractivity contribution in [2.75, 3.05) is 0 Å². The minimum atomic E-state index is -0.0337. The normalized spacial score (nSPS) is 12.7. The third-order valence-corrected chi connectivity index (χ3v) is 2.50. The van der Waals surface area contributed by atoms with Crippen LogP contribution >= 0.6 is 12.6 Å². The van der Waals surface area contributed by atoms with Crippen LogP contribution in [0.2, 0.25) is 0 Å². The molecule has 0 bridgehead atoms. The van der Waals surface area contributed by atoms with Crippen molar-refractivity contribution in [3.05, 3.63) is 47.7 Å². The Labute approximate surface area is 93.9 Å². The fourth-order valence-corrected chi connectivity index (χ4v) is 1.69. The lowest BCUT2D eigenvalue weighted by molar-refractivity contribution is 0.464. The number of hydrogen-bond donors (Lipinski definition) is 1. The van der Waals surface area contributed by atoms with Crippen LogP contribution in [0.25, 0.3) is 0 Å². The quantitative estimate of drug-likeness (QED) is 0.808. The minimum Gasteiger partial charge on any atom is -0.424 e. The molecule has 2 aromatic rings. The maximum Gasteiger partial charge on any atom is 0.229 e. The lowest BCUT2D eigenvalue weighted by atomic mass is 10.1. The van der Waals surface area contributed by atoms with Gasteiger partial charge in [0.05, 0.1) is 5.25 Å². The molecule has 3 nitrogen and oxygen atoms in total. The second-order valence-corrected chi connectivity index (χ2v) is 3.99. The molecule has 0 aliphatic heterocycles. The summed E-state index contributed by atoms with van der Waals surface area (Å²) in [5.74, 6) is 1.16. The predicted octanol–water partition coefficient (Wildman–Crippen LogP) is 2.59. The zero-order valence-electron chi connectivity index (χ0n) is 8.42. The standard InChI is InChI=1S/C11H12N2OS/c1-8-12-13-11(14-8)10(15)7-9-5-3-2-4-6-9/h2-6,10,15H,7H2,1H3. The van der Waals surface area contributed by atoms with E-state index in [4.69, 9.17) is 4.42 Å². The van der Waals surface area contributed by atoms with E-state index in [-0.39, 0.29) is 5.25 Å². The second-order valence-electron chi connectivity index (χ2n) is 3.36. The molecule has 1 atom stereocenters. The van der Waals surface area contributed by atoms with Crippen LogP contribution in [0.1, 0.15) is 22.6 Å². The van der Waals surface area contributed by atoms with Gasteiger partial charge in [0.25, 0.3) is 0 Å². The van der Waals surface area contributed by atoms with Gasteiger partial charge in [-0.1, -0.05) is 30.3 Å². The van der Waals surface area contributed by atoms with Gasteiger partial charge in [-0.2, -0.15) is 12.6 Å². The van der Waals surface area contributed by atoms with Crippen LogP contribution in [0.4, 0.5) is 0 Å². The Hall–Kier alpha value is -1.29. The highest BCUT2D eigenvalue weighted by molar-refractivity contribution is 7.80. The Kier molecular flexibility index (Phi) is 3.06. The van der Waals surface area contributed by atoms with Crippen LogP contribution in [0.15, 0.2) is 34.7 Å². The summed E-state index contributed by atoms with van der Waals surface area (Å²) >= 11 is 4.45. The van der Waals surface area contributed by atoms with E-state index in [2.05, 4.69) is 35.0 Å². The molecule has 0 fully saturated rings. The Morgan fingerprint density at radius 3 is 2.60 bits per heavy atom. The lowest BCUT2D eigenvalue weighted by Gasteiger charge is -2.05. The van der Waals surface area contributed by atoms with Crippen molar-refractivity contribution >= 4 is 12.6 Å². The Morgan fingerprint density at radius 1 is 1.27 bits per heavy atom. The lowest BCUT2D eigenvalue weighted by Crippen LogP contribution is -1.96. The molecule has 0 radical (unpaired) electrons. The molecule has 0 N–H and O–H groups in total. The molecular weight excluding hydrogens is 208 g/mol. The topological polar surface area (TPSA) is 38.9 Å². The van der Waals surface area contributed by atoms with Gasteiger partial charge in [-0.15, -0.1) is 10.2 Å². The summed E-state index contributed by atoms with van der Waals surface area (Å²) in [5.41, 5.74) is 1.22. The van der Waals surface area contributed by atoms with Gasteiger partial charge < -0.3 is 4.42 Å². The zero-order valence-corrected chi connectivity index (χ0v) is 9.32. The first kappa shape index (κ1) is 10.2. The van der Waals surface area contributed by atoms with Crippen molar-refractivity contribution in [1.82, 2.24) is 10.2 Å². The summed E-state index contributed by atoms with van der Waals surface area (Å²) in [4.78, 5) is 0. The molecule has 15 heavy (non-hydrogen) atoms. The molecule has 0 amide bonds. The molecule has 1 heterocycles. The molecule has 0 aliphatic carbocycles. The first-order valence-corrected chi connectivity index (χ1v) is 5.29. The first-order chi connectivity index (χ1) is 7.25. The molecule has 1 aromatic heterocycles. The third-order valence-electron chi connectivity index (χ3n) is 2.10. The van der Waals surface area contributed by atoms with Gasteiger partial charge in [0.1, 0.15) is 0 Å². The number of aryl methyl sites for hydroxylation is 1. The molecule has 2 rings (SSSR count). The Balaban J connectivity index is 2.07. The summed E-state index contributed by atoms with van der Waals surface area (Å²) in [7, 11) is 0. The molecule has 78 valence electrons. The average Bonchev–Trinajstić information content (AvgIpc) is 2.66. The van der Waals surface area contributed by atoms with E-state index in [1.54, 1.807) is 6.92 Å². The maximum absolute atomic E-state index is 5.32. The van der Waals surface area contributed by atoms with E-state index in [1.807, 2.05) is 18.2 Å². The molecule has 4 heteroatoms. The van der Waals surface area contributed by atoms with Gasteiger partial charge in [-0.05, 0) is 12.0 Å². The van der Waals surface area contributed by atoms with Crippen molar-refractivity contribution in [1.29, 1.82) is 0 Å². The van der Waals surface area contributed by atoms with Gasteiger partial charge in [-0.3, -0.25) is 0 Å². The van der Waals surface area contributed by atoms with E-state index < -0.39 is 0 Å². The van der Waals surface area contributed by atoms with Crippen molar-refractivity contribution < 1.29 is 4.42 Å². The summed E-state index contributed by atoms with van der Waals surface area (Å²) in [6.45, 7) is 1.78. The van der Waals surface area contributed by atoms with Gasteiger partial charge in [-0.25, -0.2) is 0 Å². The van der Waals surface area contributed by atoms with E-state index in [0.717, 1.165) is 6.42 Å². The number of thiol groups is 1. The fourth-order valence-electron chi connectivity index (χ4n) is 1.37. The van der Waals surface area contributed by atoms with E-state index in [9.17, 15) is 0 Å². The number of benzene rings is 1. The molecule has 1 unspecified atom stereocenters. The molecule has 0 aliphatic rings. The third kappa shape index (κ3) is 2.59. The number of hydrogen-bond acceptors (Lipinski definition) is 4. The minimum absolute atomic E-state index is 0.0337. The van der Waals surface area contributed by atoms with Crippen LogP contribution in [0.5, 0.6) is 0 Å². The van der Waals surface area contributed by atoms with Gasteiger partial charge in [0.2, 0.25) is 11.8 Å². The molecular formula is C11H12N2OS. The Morgan fingerprint density at radius 2 is 2.00 bits per heavy atom. The second kappa shape index (κ2) is 4.49. The summed E-state index contributed by atoms with van der Waals surface area (Å²) in [6, 6.07) is 10.1. The first-order valence-electron chi connectivity index (χ1n) is 4.77. The Bertz CT molecular complexity index is 427. The van der Waals surface area contributed by atoms with E-state index >= 15 is 0 Å². The maximum atomic E-state index is 5.32. The molecule has 1 aromatic carbocycles. The van der Waals surface area contributed by atoms with Crippen LogP contribution in [-0.2, 0) is 6.42 Å². The summed E-state index contributed by atoms with van der Waals surface area (Å²) in [5, 5.41) is 7.70. The van der Waals surface area contributed by atoms with Gasteiger partial charge in [0.15, 0.2) is 0 Å². The zero-order chi connectivity index (χ0) is 10.7. The van der Waals surface area contributed by atoms with Crippen LogP contribution in [0.3, 0.4) is 0 Å². The SMILES string of the molecule is Cc1nnc(C(S)Cc2ccccc2)o1. The highest BCUT2D eigenvalue weighted by Gasteiger charge is 2.13.